The third-order valence-corrected chi connectivity index (χ3v) is 7.45. The summed E-state index contributed by atoms with van der Waals surface area (Å²) in [6, 6.07) is 2.28. The summed E-state index contributed by atoms with van der Waals surface area (Å²) >= 11 is 0.921. The molecule has 0 aliphatic heterocycles. The molecule has 7 nitrogen and oxygen atoms in total. The fourth-order valence-corrected chi connectivity index (χ4v) is 4.97. The lowest BCUT2D eigenvalue weighted by atomic mass is 10.3. The first-order valence-corrected chi connectivity index (χ1v) is 10.3. The van der Waals surface area contributed by atoms with Gasteiger partial charge >= 0.3 is 0 Å². The average Bonchev–Trinajstić information content (AvgIpc) is 2.95. The van der Waals surface area contributed by atoms with Crippen LogP contribution in [0.5, 0.6) is 0 Å². The number of rotatable bonds is 5. The van der Waals surface area contributed by atoms with Gasteiger partial charge in [0.1, 0.15) is 9.10 Å². The Balaban J connectivity index is 2.22. The average molecular weight is 370 g/mol. The van der Waals surface area contributed by atoms with Crippen LogP contribution in [0.3, 0.4) is 0 Å². The van der Waals surface area contributed by atoms with Crippen molar-refractivity contribution in [3.05, 3.63) is 29.4 Å². The first-order chi connectivity index (χ1) is 9.59. The second-order valence-electron chi connectivity index (χ2n) is 4.29. The van der Waals surface area contributed by atoms with Crippen molar-refractivity contribution in [1.82, 2.24) is 14.5 Å². The molecule has 0 saturated carbocycles. The summed E-state index contributed by atoms with van der Waals surface area (Å²) in [4.78, 5) is 0.584. The highest BCUT2D eigenvalue weighted by molar-refractivity contribution is 8.15. The van der Waals surface area contributed by atoms with Gasteiger partial charge in [0.05, 0.1) is 12.2 Å². The Bertz CT molecular complexity index is 854. The van der Waals surface area contributed by atoms with Crippen LogP contribution in [0.4, 0.5) is 0 Å². The zero-order valence-electron chi connectivity index (χ0n) is 11.0. The Kier molecular flexibility index (Phi) is 4.45. The van der Waals surface area contributed by atoms with Crippen LogP contribution in [-0.2, 0) is 26.1 Å². The number of thiophene rings is 1. The Hall–Kier alpha value is -0.940. The van der Waals surface area contributed by atoms with E-state index in [1.54, 1.807) is 14.0 Å². The van der Waals surface area contributed by atoms with Crippen molar-refractivity contribution in [2.45, 2.75) is 22.1 Å². The predicted octanol–water partition coefficient (Wildman–Crippen LogP) is 1.45. The van der Waals surface area contributed by atoms with Crippen molar-refractivity contribution < 1.29 is 16.8 Å². The van der Waals surface area contributed by atoms with Crippen molar-refractivity contribution in [2.75, 3.05) is 0 Å². The van der Waals surface area contributed by atoms with Gasteiger partial charge in [-0.3, -0.25) is 4.68 Å². The number of aromatic nitrogens is 2. The van der Waals surface area contributed by atoms with Crippen LogP contribution in [0.1, 0.15) is 17.8 Å². The maximum absolute atomic E-state index is 12.1. The molecule has 2 rings (SSSR count). The van der Waals surface area contributed by atoms with Gasteiger partial charge in [-0.2, -0.15) is 5.10 Å². The van der Waals surface area contributed by atoms with E-state index in [0.29, 0.717) is 4.88 Å². The van der Waals surface area contributed by atoms with E-state index in [9.17, 15) is 16.8 Å². The van der Waals surface area contributed by atoms with E-state index < -0.39 is 25.1 Å². The van der Waals surface area contributed by atoms with Gasteiger partial charge in [0.15, 0.2) is 0 Å². The molecule has 0 fully saturated rings. The summed E-state index contributed by atoms with van der Waals surface area (Å²) in [6.07, 6.45) is 2.61. The second-order valence-corrected chi connectivity index (χ2v) is 9.91. The van der Waals surface area contributed by atoms with Crippen LogP contribution in [0.25, 0.3) is 0 Å². The smallest absolute Gasteiger partial charge is 0.270 e. The van der Waals surface area contributed by atoms with E-state index in [-0.39, 0.29) is 9.10 Å². The Morgan fingerprint density at radius 2 is 2.00 bits per heavy atom. The first-order valence-electron chi connectivity index (χ1n) is 5.65. The molecule has 116 valence electrons. The van der Waals surface area contributed by atoms with Crippen LogP contribution in [-0.4, -0.2) is 26.6 Å². The van der Waals surface area contributed by atoms with E-state index in [0.717, 1.165) is 11.3 Å². The highest BCUT2D eigenvalue weighted by Crippen LogP contribution is 2.29. The maximum Gasteiger partial charge on any atom is 0.270 e. The molecule has 2 aromatic heterocycles. The number of hydrogen-bond acceptors (Lipinski definition) is 6. The maximum atomic E-state index is 12.1. The number of sulfonamides is 1. The van der Waals surface area contributed by atoms with E-state index in [2.05, 4.69) is 9.82 Å². The molecule has 1 N–H and O–H groups in total. The molecule has 0 aliphatic rings. The molecule has 0 saturated heterocycles. The fourth-order valence-electron chi connectivity index (χ4n) is 1.59. The van der Waals surface area contributed by atoms with Gasteiger partial charge in [0.2, 0.25) is 10.0 Å². The summed E-state index contributed by atoms with van der Waals surface area (Å²) in [6.45, 7) is 1.62. The van der Waals surface area contributed by atoms with Gasteiger partial charge < -0.3 is 0 Å². The van der Waals surface area contributed by atoms with Crippen molar-refractivity contribution in [3.8, 4) is 0 Å². The molecule has 21 heavy (non-hydrogen) atoms. The number of halogens is 1. The van der Waals surface area contributed by atoms with E-state index in [1.165, 1.54) is 29.2 Å². The van der Waals surface area contributed by atoms with Crippen LogP contribution in [0.15, 0.2) is 33.6 Å². The lowest BCUT2D eigenvalue weighted by Gasteiger charge is -2.11. The summed E-state index contributed by atoms with van der Waals surface area (Å²) in [5, 5.41) is 3.80. The van der Waals surface area contributed by atoms with Crippen LogP contribution < -0.4 is 4.72 Å². The summed E-state index contributed by atoms with van der Waals surface area (Å²) in [5.41, 5.74) is 0. The normalized spacial score (nSPS) is 14.2. The largest absolute Gasteiger partial charge is 0.274 e. The Labute approximate surface area is 131 Å². The molecular formula is C10H12ClN3O4S3. The third-order valence-electron chi connectivity index (χ3n) is 2.59. The monoisotopic (exact) mass is 369 g/mol. The Morgan fingerprint density at radius 1 is 1.33 bits per heavy atom. The SMILES string of the molecule is CC(NS(=O)(=O)c1cnn(C)c1)c1ccc(S(=O)(=O)Cl)s1. The van der Waals surface area contributed by atoms with Gasteiger partial charge in [-0.15, -0.1) is 11.3 Å². The molecule has 1 unspecified atom stereocenters. The summed E-state index contributed by atoms with van der Waals surface area (Å²) in [7, 11) is -0.678. The highest BCUT2D eigenvalue weighted by Gasteiger charge is 2.22. The topological polar surface area (TPSA) is 98.1 Å². The molecule has 2 heterocycles. The standard InChI is InChI=1S/C10H12ClN3O4S3/c1-7(9-3-4-10(19-9)20(11,15)16)13-21(17,18)8-5-12-14(2)6-8/h3-7,13H,1-2H3. The van der Waals surface area contributed by atoms with Crippen molar-refractivity contribution >= 4 is 41.1 Å². The van der Waals surface area contributed by atoms with Gasteiger partial charge in [-0.05, 0) is 19.1 Å². The molecular weight excluding hydrogens is 358 g/mol. The van der Waals surface area contributed by atoms with Crippen molar-refractivity contribution in [2.24, 2.45) is 7.05 Å². The minimum absolute atomic E-state index is 0.0217. The van der Waals surface area contributed by atoms with Crippen molar-refractivity contribution in [1.29, 1.82) is 0 Å². The molecule has 2 aromatic rings. The van der Waals surface area contributed by atoms with Crippen molar-refractivity contribution in [3.63, 3.8) is 0 Å². The molecule has 0 radical (unpaired) electrons. The lowest BCUT2D eigenvalue weighted by Crippen LogP contribution is -2.26. The zero-order valence-corrected chi connectivity index (χ0v) is 14.2. The molecule has 1 atom stereocenters. The molecule has 0 aromatic carbocycles. The molecule has 0 spiro atoms. The number of nitrogens with zero attached hydrogens (tertiary/aromatic N) is 2. The van der Waals surface area contributed by atoms with Crippen LogP contribution in [0.2, 0.25) is 0 Å². The van der Waals surface area contributed by atoms with Gasteiger partial charge in [0.25, 0.3) is 9.05 Å². The van der Waals surface area contributed by atoms with Gasteiger partial charge in [-0.1, -0.05) is 0 Å². The zero-order chi connectivity index (χ0) is 15.8. The minimum Gasteiger partial charge on any atom is -0.274 e. The predicted molar refractivity (Wildman–Crippen MR) is 79.3 cm³/mol. The number of hydrogen-bond donors (Lipinski definition) is 1. The molecule has 0 aliphatic carbocycles. The highest BCUT2D eigenvalue weighted by atomic mass is 35.7. The molecule has 0 amide bonds. The molecule has 11 heteroatoms. The minimum atomic E-state index is -3.81. The molecule has 0 bridgehead atoms. The quantitative estimate of drug-likeness (QED) is 0.804. The Morgan fingerprint density at radius 3 is 2.48 bits per heavy atom. The fraction of sp³-hybridized carbons (Fsp3) is 0.300. The van der Waals surface area contributed by atoms with Gasteiger partial charge in [-0.25, -0.2) is 21.6 Å². The van der Waals surface area contributed by atoms with Crippen LogP contribution >= 0.6 is 22.0 Å². The number of aryl methyl sites for hydroxylation is 1. The van der Waals surface area contributed by atoms with Gasteiger partial charge in [0, 0.05) is 28.8 Å². The summed E-state index contributed by atoms with van der Waals surface area (Å²) < 4.78 is 50.5. The lowest BCUT2D eigenvalue weighted by molar-refractivity contribution is 0.568. The van der Waals surface area contributed by atoms with Crippen LogP contribution in [0, 0.1) is 0 Å². The number of nitrogens with one attached hydrogen (secondary N) is 1. The second kappa shape index (κ2) is 5.69. The van der Waals surface area contributed by atoms with E-state index in [4.69, 9.17) is 10.7 Å². The van der Waals surface area contributed by atoms with E-state index in [1.807, 2.05) is 0 Å². The first kappa shape index (κ1) is 16.4. The third kappa shape index (κ3) is 3.83. The summed E-state index contributed by atoms with van der Waals surface area (Å²) in [5.74, 6) is 0. The van der Waals surface area contributed by atoms with E-state index >= 15 is 0 Å².